The van der Waals surface area contributed by atoms with E-state index in [1.54, 1.807) is 17.0 Å². The van der Waals surface area contributed by atoms with Crippen LogP contribution in [0.2, 0.25) is 0 Å². The van der Waals surface area contributed by atoms with Crippen LogP contribution >= 0.6 is 0 Å². The summed E-state index contributed by atoms with van der Waals surface area (Å²) in [4.78, 5) is 26.8. The number of benzene rings is 1. The van der Waals surface area contributed by atoms with Crippen molar-refractivity contribution < 1.29 is 27.5 Å². The van der Waals surface area contributed by atoms with E-state index < -0.39 is 21.7 Å². The van der Waals surface area contributed by atoms with Gasteiger partial charge in [-0.1, -0.05) is 24.3 Å². The third kappa shape index (κ3) is 7.41. The van der Waals surface area contributed by atoms with Gasteiger partial charge in [0.2, 0.25) is 15.9 Å². The SMILES string of the molecule is CC(C)(C)OC(=O)N1CCCC(C(=O)NCc2ccccc2CS(=O)(=O)N2CCOCC2)C1. The molecule has 0 spiro atoms. The van der Waals surface area contributed by atoms with E-state index in [9.17, 15) is 18.0 Å². The summed E-state index contributed by atoms with van der Waals surface area (Å²) in [6.45, 7) is 8.08. The van der Waals surface area contributed by atoms with Crippen LogP contribution in [0, 0.1) is 5.92 Å². The van der Waals surface area contributed by atoms with Crippen molar-refractivity contribution in [3.05, 3.63) is 35.4 Å². The second kappa shape index (κ2) is 10.8. The molecule has 1 unspecified atom stereocenters. The lowest BCUT2D eigenvalue weighted by Crippen LogP contribution is -2.47. The fourth-order valence-electron chi connectivity index (χ4n) is 3.99. The largest absolute Gasteiger partial charge is 0.444 e. The Bertz CT molecular complexity index is 938. The quantitative estimate of drug-likeness (QED) is 0.667. The molecule has 184 valence electrons. The lowest BCUT2D eigenvalue weighted by molar-refractivity contribution is -0.126. The number of rotatable bonds is 6. The van der Waals surface area contributed by atoms with Crippen LogP contribution in [0.3, 0.4) is 0 Å². The van der Waals surface area contributed by atoms with Crippen LogP contribution in [0.1, 0.15) is 44.7 Å². The minimum absolute atomic E-state index is 0.116. The van der Waals surface area contributed by atoms with Crippen molar-refractivity contribution in [2.45, 2.75) is 51.5 Å². The molecule has 9 nitrogen and oxygen atoms in total. The molecule has 3 rings (SSSR count). The van der Waals surface area contributed by atoms with Gasteiger partial charge in [-0.2, -0.15) is 4.31 Å². The van der Waals surface area contributed by atoms with Crippen LogP contribution in [-0.2, 0) is 36.6 Å². The average Bonchev–Trinajstić information content (AvgIpc) is 2.77. The molecule has 0 aromatic heterocycles. The van der Waals surface area contributed by atoms with Gasteiger partial charge in [-0.25, -0.2) is 13.2 Å². The number of sulfonamides is 1. The zero-order chi connectivity index (χ0) is 24.1. The van der Waals surface area contributed by atoms with Crippen LogP contribution in [0.4, 0.5) is 4.79 Å². The highest BCUT2D eigenvalue weighted by Crippen LogP contribution is 2.21. The number of nitrogens with one attached hydrogen (secondary N) is 1. The van der Waals surface area contributed by atoms with Crippen LogP contribution < -0.4 is 5.32 Å². The number of nitrogens with zero attached hydrogens (tertiary/aromatic N) is 2. The lowest BCUT2D eigenvalue weighted by atomic mass is 9.97. The molecule has 2 fully saturated rings. The summed E-state index contributed by atoms with van der Waals surface area (Å²) in [6, 6.07) is 7.25. The number of piperidine rings is 1. The highest BCUT2D eigenvalue weighted by molar-refractivity contribution is 7.88. The maximum absolute atomic E-state index is 12.8. The first kappa shape index (κ1) is 25.5. The van der Waals surface area contributed by atoms with Gasteiger partial charge < -0.3 is 19.7 Å². The van der Waals surface area contributed by atoms with Crippen molar-refractivity contribution in [3.8, 4) is 0 Å². The van der Waals surface area contributed by atoms with Crippen LogP contribution in [0.25, 0.3) is 0 Å². The van der Waals surface area contributed by atoms with Gasteiger partial charge in [0.15, 0.2) is 0 Å². The van der Waals surface area contributed by atoms with E-state index in [4.69, 9.17) is 9.47 Å². The number of carbonyl (C=O) groups excluding carboxylic acids is 2. The third-order valence-electron chi connectivity index (χ3n) is 5.72. The number of amides is 2. The Hall–Kier alpha value is -2.17. The van der Waals surface area contributed by atoms with Gasteiger partial charge in [0, 0.05) is 32.7 Å². The maximum Gasteiger partial charge on any atom is 0.410 e. The van der Waals surface area contributed by atoms with Gasteiger partial charge in [0.05, 0.1) is 24.9 Å². The number of likely N-dealkylation sites (tertiary alicyclic amines) is 1. The average molecular weight is 482 g/mol. The Morgan fingerprint density at radius 2 is 1.79 bits per heavy atom. The molecule has 1 aromatic carbocycles. The van der Waals surface area contributed by atoms with Crippen LogP contribution in [0.15, 0.2) is 24.3 Å². The van der Waals surface area contributed by atoms with E-state index in [0.29, 0.717) is 51.4 Å². The van der Waals surface area contributed by atoms with Gasteiger partial charge in [-0.15, -0.1) is 0 Å². The summed E-state index contributed by atoms with van der Waals surface area (Å²) in [5, 5.41) is 2.94. The number of morpholine rings is 1. The normalized spacial score (nSPS) is 20.3. The van der Waals surface area contributed by atoms with Crippen molar-refractivity contribution in [2.24, 2.45) is 5.92 Å². The van der Waals surface area contributed by atoms with Gasteiger partial charge in [0.25, 0.3) is 0 Å². The van der Waals surface area contributed by atoms with Crippen molar-refractivity contribution in [1.29, 1.82) is 0 Å². The molecule has 1 aromatic rings. The minimum Gasteiger partial charge on any atom is -0.444 e. The number of hydrogen-bond acceptors (Lipinski definition) is 6. The van der Waals surface area contributed by atoms with E-state index in [2.05, 4.69) is 5.32 Å². The van der Waals surface area contributed by atoms with Crippen LogP contribution in [0.5, 0.6) is 0 Å². The van der Waals surface area contributed by atoms with Crippen molar-refractivity contribution >= 4 is 22.0 Å². The molecule has 2 heterocycles. The molecule has 0 radical (unpaired) electrons. The summed E-state index contributed by atoms with van der Waals surface area (Å²) in [7, 11) is -3.47. The van der Waals surface area contributed by atoms with E-state index in [-0.39, 0.29) is 24.1 Å². The lowest BCUT2D eigenvalue weighted by Gasteiger charge is -2.33. The molecule has 1 atom stereocenters. The predicted octanol–water partition coefficient (Wildman–Crippen LogP) is 2.11. The smallest absolute Gasteiger partial charge is 0.410 e. The van der Waals surface area contributed by atoms with Gasteiger partial charge >= 0.3 is 6.09 Å². The molecule has 2 aliphatic rings. The highest BCUT2D eigenvalue weighted by Gasteiger charge is 2.31. The van der Waals surface area contributed by atoms with Crippen molar-refractivity contribution in [3.63, 3.8) is 0 Å². The predicted molar refractivity (Wildman–Crippen MR) is 124 cm³/mol. The first-order valence-electron chi connectivity index (χ1n) is 11.4. The Balaban J connectivity index is 1.58. The Morgan fingerprint density at radius 1 is 1.12 bits per heavy atom. The molecular formula is C23H35N3O6S. The second-order valence-electron chi connectivity index (χ2n) is 9.52. The molecule has 33 heavy (non-hydrogen) atoms. The Labute approximate surface area is 196 Å². The monoisotopic (exact) mass is 481 g/mol. The summed E-state index contributed by atoms with van der Waals surface area (Å²) in [5.41, 5.74) is 0.850. The molecular weight excluding hydrogens is 446 g/mol. The maximum atomic E-state index is 12.8. The van der Waals surface area contributed by atoms with E-state index in [1.807, 2.05) is 32.9 Å². The van der Waals surface area contributed by atoms with Gasteiger partial charge in [0.1, 0.15) is 5.60 Å². The molecule has 2 amide bonds. The molecule has 0 saturated carbocycles. The topological polar surface area (TPSA) is 105 Å². The minimum atomic E-state index is -3.47. The summed E-state index contributed by atoms with van der Waals surface area (Å²) in [6.07, 6.45) is 1.02. The molecule has 10 heteroatoms. The summed E-state index contributed by atoms with van der Waals surface area (Å²) >= 11 is 0. The molecule has 0 bridgehead atoms. The van der Waals surface area contributed by atoms with Gasteiger partial charge in [-0.05, 0) is 44.7 Å². The number of hydrogen-bond donors (Lipinski definition) is 1. The summed E-state index contributed by atoms with van der Waals surface area (Å²) in [5.74, 6) is -0.584. The zero-order valence-electron chi connectivity index (χ0n) is 19.7. The van der Waals surface area contributed by atoms with Gasteiger partial charge in [-0.3, -0.25) is 4.79 Å². The third-order valence-corrected chi connectivity index (χ3v) is 7.54. The summed E-state index contributed by atoms with van der Waals surface area (Å²) < 4.78 is 37.8. The second-order valence-corrected chi connectivity index (χ2v) is 11.5. The standard InChI is InChI=1S/C23H35N3O6S/c1-23(2,3)32-22(28)25-10-6-9-19(16-25)21(27)24-15-18-7-4-5-8-20(18)17-33(29,30)26-11-13-31-14-12-26/h4-5,7-8,19H,6,9-17H2,1-3H3,(H,24,27). The molecule has 2 aliphatic heterocycles. The zero-order valence-corrected chi connectivity index (χ0v) is 20.5. The fraction of sp³-hybridized carbons (Fsp3) is 0.652. The van der Waals surface area contributed by atoms with Crippen molar-refractivity contribution in [1.82, 2.24) is 14.5 Å². The Morgan fingerprint density at radius 3 is 2.45 bits per heavy atom. The van der Waals surface area contributed by atoms with E-state index in [0.717, 1.165) is 12.0 Å². The van der Waals surface area contributed by atoms with E-state index >= 15 is 0 Å². The van der Waals surface area contributed by atoms with Crippen molar-refractivity contribution in [2.75, 3.05) is 39.4 Å². The first-order valence-corrected chi connectivity index (χ1v) is 13.0. The first-order chi connectivity index (χ1) is 15.5. The number of ether oxygens (including phenoxy) is 2. The molecule has 0 aliphatic carbocycles. The Kier molecular flexibility index (Phi) is 8.36. The molecule has 1 N–H and O–H groups in total. The fourth-order valence-corrected chi connectivity index (χ4v) is 5.56. The van der Waals surface area contributed by atoms with Crippen LogP contribution in [-0.4, -0.2) is 74.6 Å². The number of carbonyl (C=O) groups is 2. The molecule has 2 saturated heterocycles. The van der Waals surface area contributed by atoms with E-state index in [1.165, 1.54) is 4.31 Å². The highest BCUT2D eigenvalue weighted by atomic mass is 32.2.